The van der Waals surface area contributed by atoms with E-state index in [4.69, 9.17) is 0 Å². The van der Waals surface area contributed by atoms with Gasteiger partial charge in [0.25, 0.3) is 0 Å². The van der Waals surface area contributed by atoms with Crippen molar-refractivity contribution in [2.24, 2.45) is 4.99 Å². The van der Waals surface area contributed by atoms with E-state index in [-0.39, 0.29) is 0 Å². The van der Waals surface area contributed by atoms with Crippen molar-refractivity contribution in [3.8, 4) is 0 Å². The molecule has 0 spiro atoms. The maximum atomic E-state index is 4.18. The molecule has 1 heteroatoms. The summed E-state index contributed by atoms with van der Waals surface area (Å²) in [6.07, 6.45) is 15.9. The number of aliphatic imine (C=N–C) groups is 1. The van der Waals surface area contributed by atoms with Gasteiger partial charge in [-0.3, -0.25) is 4.99 Å². The largest absolute Gasteiger partial charge is 0.257 e. The van der Waals surface area contributed by atoms with Crippen LogP contribution in [-0.4, -0.2) is 5.71 Å². The first kappa shape index (κ1) is 13.8. The minimum absolute atomic E-state index is 0.799. The number of hydrogen-bond acceptors (Lipinski definition) is 1. The Labute approximate surface area is 97.9 Å². The summed E-state index contributed by atoms with van der Waals surface area (Å²) in [5, 5.41) is 0. The zero-order chi connectivity index (χ0) is 12.2. The van der Waals surface area contributed by atoms with Gasteiger partial charge in [-0.2, -0.15) is 0 Å². The average molecular weight is 211 g/mol. The second-order valence-corrected chi connectivity index (χ2v) is 2.74. The Morgan fingerprint density at radius 3 is 1.94 bits per heavy atom. The molecular weight excluding hydrogens is 194 g/mol. The first-order chi connectivity index (χ1) is 7.79. The maximum Gasteiger partial charge on any atom is 0.0701 e. The molecule has 0 saturated heterocycles. The lowest BCUT2D eigenvalue weighted by Crippen LogP contribution is -1.95. The lowest BCUT2D eigenvalue weighted by molar-refractivity contribution is 1.56. The molecule has 16 heavy (non-hydrogen) atoms. The number of allylic oxidation sites excluding steroid dienone is 9. The van der Waals surface area contributed by atoms with Gasteiger partial charge in [-0.1, -0.05) is 68.8 Å². The van der Waals surface area contributed by atoms with Gasteiger partial charge in [-0.05, 0) is 6.08 Å². The van der Waals surface area contributed by atoms with Crippen molar-refractivity contribution < 1.29 is 0 Å². The lowest BCUT2D eigenvalue weighted by Gasteiger charge is -2.00. The molecule has 0 radical (unpaired) electrons. The molecule has 0 aliphatic heterocycles. The van der Waals surface area contributed by atoms with Crippen LogP contribution in [0.25, 0.3) is 0 Å². The van der Waals surface area contributed by atoms with Crippen molar-refractivity contribution in [2.45, 2.75) is 0 Å². The van der Waals surface area contributed by atoms with Gasteiger partial charge in [0.15, 0.2) is 0 Å². The Kier molecular flexibility index (Phi) is 8.14. The van der Waals surface area contributed by atoms with E-state index in [0.29, 0.717) is 0 Å². The smallest absolute Gasteiger partial charge is 0.0701 e. The van der Waals surface area contributed by atoms with E-state index in [1.807, 2.05) is 30.4 Å². The molecule has 0 atom stereocenters. The quantitative estimate of drug-likeness (QED) is 0.443. The lowest BCUT2D eigenvalue weighted by atomic mass is 10.1. The molecule has 0 unspecified atom stereocenters. The van der Waals surface area contributed by atoms with Gasteiger partial charge in [-0.25, -0.2) is 0 Å². The number of hydrogen-bond donors (Lipinski definition) is 0. The van der Waals surface area contributed by atoms with Crippen LogP contribution in [0.4, 0.5) is 0 Å². The van der Waals surface area contributed by atoms with Crippen LogP contribution in [-0.2, 0) is 0 Å². The summed E-state index contributed by atoms with van der Waals surface area (Å²) in [7, 11) is 0. The predicted molar refractivity (Wildman–Crippen MR) is 74.6 cm³/mol. The minimum Gasteiger partial charge on any atom is -0.257 e. The highest BCUT2D eigenvalue weighted by molar-refractivity contribution is 6.10. The topological polar surface area (TPSA) is 12.4 Å². The van der Waals surface area contributed by atoms with E-state index < -0.39 is 0 Å². The zero-order valence-electron chi connectivity index (χ0n) is 9.47. The molecule has 0 fully saturated rings. The Balaban J connectivity index is 5.25. The molecule has 82 valence electrons. The first-order valence-corrected chi connectivity index (χ1v) is 4.90. The summed E-state index contributed by atoms with van der Waals surface area (Å²) < 4.78 is 0. The summed E-state index contributed by atoms with van der Waals surface area (Å²) in [6, 6.07) is 0. The van der Waals surface area contributed by atoms with Crippen LogP contribution in [0.15, 0.2) is 91.7 Å². The molecular formula is C15H17N. The van der Waals surface area contributed by atoms with Gasteiger partial charge in [0.05, 0.1) is 5.71 Å². The van der Waals surface area contributed by atoms with Crippen molar-refractivity contribution in [2.75, 3.05) is 0 Å². The molecule has 0 heterocycles. The molecule has 0 amide bonds. The van der Waals surface area contributed by atoms with E-state index >= 15 is 0 Å². The fourth-order valence-electron chi connectivity index (χ4n) is 0.996. The van der Waals surface area contributed by atoms with E-state index in [0.717, 1.165) is 11.3 Å². The number of nitrogens with zero attached hydrogens (tertiary/aromatic N) is 1. The van der Waals surface area contributed by atoms with Gasteiger partial charge in [0.1, 0.15) is 0 Å². The maximum absolute atomic E-state index is 4.18. The molecule has 0 aromatic carbocycles. The average Bonchev–Trinajstić information content (AvgIpc) is 2.30. The third kappa shape index (κ3) is 5.55. The van der Waals surface area contributed by atoms with E-state index in [2.05, 4.69) is 31.3 Å². The molecule has 0 bridgehead atoms. The van der Waals surface area contributed by atoms with Crippen LogP contribution < -0.4 is 0 Å². The summed E-state index contributed by atoms with van der Waals surface area (Å²) in [5.41, 5.74) is 1.74. The van der Waals surface area contributed by atoms with Gasteiger partial charge < -0.3 is 0 Å². The molecule has 0 aromatic heterocycles. The van der Waals surface area contributed by atoms with Gasteiger partial charge in [0.2, 0.25) is 0 Å². The molecule has 1 nitrogen and oxygen atoms in total. The Morgan fingerprint density at radius 1 is 0.812 bits per heavy atom. The number of rotatable bonds is 7. The van der Waals surface area contributed by atoms with Crippen LogP contribution in [0.5, 0.6) is 0 Å². The van der Waals surface area contributed by atoms with Crippen molar-refractivity contribution in [3.63, 3.8) is 0 Å². The second-order valence-electron chi connectivity index (χ2n) is 2.74. The molecule has 0 aliphatic carbocycles. The molecule has 0 aliphatic rings. The van der Waals surface area contributed by atoms with Crippen LogP contribution in [0.1, 0.15) is 0 Å². The van der Waals surface area contributed by atoms with Crippen molar-refractivity contribution in [1.29, 1.82) is 0 Å². The highest BCUT2D eigenvalue weighted by Gasteiger charge is 1.97. The Morgan fingerprint density at radius 2 is 1.44 bits per heavy atom. The van der Waals surface area contributed by atoms with Crippen molar-refractivity contribution in [3.05, 3.63) is 86.7 Å². The van der Waals surface area contributed by atoms with E-state index in [1.165, 1.54) is 6.20 Å². The third-order valence-electron chi connectivity index (χ3n) is 1.63. The highest BCUT2D eigenvalue weighted by atomic mass is 14.7. The Bertz CT molecular complexity index is 338. The zero-order valence-corrected chi connectivity index (χ0v) is 9.47. The summed E-state index contributed by atoms with van der Waals surface area (Å²) in [6.45, 7) is 14.5. The summed E-state index contributed by atoms with van der Waals surface area (Å²) >= 11 is 0. The first-order valence-electron chi connectivity index (χ1n) is 4.90. The minimum atomic E-state index is 0.799. The summed E-state index contributed by atoms with van der Waals surface area (Å²) in [4.78, 5) is 4.18. The molecule has 0 aromatic rings. The van der Waals surface area contributed by atoms with Gasteiger partial charge >= 0.3 is 0 Å². The third-order valence-corrected chi connectivity index (χ3v) is 1.63. The fraction of sp³-hybridized carbons (Fsp3) is 0. The monoisotopic (exact) mass is 211 g/mol. The van der Waals surface area contributed by atoms with E-state index in [9.17, 15) is 0 Å². The highest BCUT2D eigenvalue weighted by Crippen LogP contribution is 2.04. The molecule has 0 saturated carbocycles. The van der Waals surface area contributed by atoms with E-state index in [1.54, 1.807) is 18.2 Å². The van der Waals surface area contributed by atoms with Crippen molar-refractivity contribution >= 4 is 5.71 Å². The van der Waals surface area contributed by atoms with Crippen LogP contribution in [0.3, 0.4) is 0 Å². The molecule has 0 N–H and O–H groups in total. The molecule has 0 rings (SSSR count). The normalized spacial score (nSPS) is 13.0. The van der Waals surface area contributed by atoms with Gasteiger partial charge in [-0.15, -0.1) is 0 Å². The van der Waals surface area contributed by atoms with Crippen LogP contribution >= 0.6 is 0 Å². The van der Waals surface area contributed by atoms with Crippen molar-refractivity contribution in [1.82, 2.24) is 0 Å². The predicted octanol–water partition coefficient (Wildman–Crippen LogP) is 4.17. The SMILES string of the molecule is C=C\C=C/C(=N/C=C)C(/C=C\C=C)=C/C=C. The van der Waals surface area contributed by atoms with Gasteiger partial charge in [0, 0.05) is 11.8 Å². The van der Waals surface area contributed by atoms with Crippen LogP contribution in [0, 0.1) is 0 Å². The standard InChI is InChI=1S/C15H17N/c1-5-9-12-14(11-7-3)15(16-8-4)13-10-6-2/h5-13H,1-4H2/b12-9-,13-10-,14-11+,16-15-. The van der Waals surface area contributed by atoms with Crippen LogP contribution in [0.2, 0.25) is 0 Å². The Hall–Kier alpha value is -2.15. The summed E-state index contributed by atoms with van der Waals surface area (Å²) in [5.74, 6) is 0. The second kappa shape index (κ2) is 9.41. The fourth-order valence-corrected chi connectivity index (χ4v) is 0.996.